The van der Waals surface area contributed by atoms with Crippen molar-refractivity contribution in [2.45, 2.75) is 53.1 Å². The number of nitrogens with zero attached hydrogens (tertiary/aromatic N) is 2. The van der Waals surface area contributed by atoms with Crippen LogP contribution in [-0.2, 0) is 16.1 Å². The van der Waals surface area contributed by atoms with Gasteiger partial charge in [-0.25, -0.2) is 4.79 Å². The van der Waals surface area contributed by atoms with Gasteiger partial charge in [0.2, 0.25) is 0 Å². The van der Waals surface area contributed by atoms with Gasteiger partial charge in [0.05, 0.1) is 11.4 Å². The third kappa shape index (κ3) is 4.47. The number of hydrogen-bond donors (Lipinski definition) is 2. The molecular formula is C14H24N4O3. The number of rotatable bonds is 7. The summed E-state index contributed by atoms with van der Waals surface area (Å²) in [6, 6.07) is 0.0645. The lowest BCUT2D eigenvalue weighted by atomic mass is 10.2. The molecule has 0 aliphatic heterocycles. The second kappa shape index (κ2) is 7.66. The molecule has 1 unspecified atom stereocenters. The van der Waals surface area contributed by atoms with Gasteiger partial charge in [-0.15, -0.1) is 0 Å². The van der Waals surface area contributed by atoms with Crippen molar-refractivity contribution in [2.24, 2.45) is 0 Å². The van der Waals surface area contributed by atoms with E-state index in [1.54, 1.807) is 6.92 Å². The first-order chi connectivity index (χ1) is 9.90. The van der Waals surface area contributed by atoms with Crippen molar-refractivity contribution in [2.75, 3.05) is 12.3 Å². The summed E-state index contributed by atoms with van der Waals surface area (Å²) in [4.78, 5) is 23.7. The minimum atomic E-state index is -0.631. The summed E-state index contributed by atoms with van der Waals surface area (Å²) < 4.78 is 6.49. The fraction of sp³-hybridized carbons (Fsp3) is 0.643. The van der Waals surface area contributed by atoms with Gasteiger partial charge in [0.25, 0.3) is 5.91 Å². The van der Waals surface area contributed by atoms with E-state index in [1.165, 1.54) is 4.68 Å². The van der Waals surface area contributed by atoms with E-state index in [0.717, 1.165) is 12.8 Å². The molecule has 1 amide bonds. The minimum absolute atomic E-state index is 0.0645. The van der Waals surface area contributed by atoms with Crippen LogP contribution in [0.1, 0.15) is 49.8 Å². The third-order valence-electron chi connectivity index (χ3n) is 3.13. The molecule has 21 heavy (non-hydrogen) atoms. The van der Waals surface area contributed by atoms with E-state index in [9.17, 15) is 9.59 Å². The average molecular weight is 296 g/mol. The van der Waals surface area contributed by atoms with Gasteiger partial charge < -0.3 is 15.8 Å². The predicted molar refractivity (Wildman–Crippen MR) is 79.8 cm³/mol. The highest BCUT2D eigenvalue weighted by molar-refractivity contribution is 5.95. The Morgan fingerprint density at radius 3 is 2.67 bits per heavy atom. The van der Waals surface area contributed by atoms with Gasteiger partial charge in [-0.2, -0.15) is 5.10 Å². The molecule has 7 nitrogen and oxygen atoms in total. The largest absolute Gasteiger partial charge is 0.451 e. The zero-order valence-electron chi connectivity index (χ0n) is 13.1. The first kappa shape index (κ1) is 17.0. The number of hydrogen-bond acceptors (Lipinski definition) is 5. The normalized spacial score (nSPS) is 12.0. The highest BCUT2D eigenvalue weighted by Gasteiger charge is 2.21. The molecule has 0 fully saturated rings. The molecule has 0 saturated carbocycles. The topological polar surface area (TPSA) is 99.2 Å². The van der Waals surface area contributed by atoms with Crippen molar-refractivity contribution in [1.29, 1.82) is 0 Å². The molecule has 118 valence electrons. The number of nitrogens with one attached hydrogen (secondary N) is 1. The molecule has 3 N–H and O–H groups in total. The molecule has 1 aromatic rings. The van der Waals surface area contributed by atoms with E-state index in [4.69, 9.17) is 10.5 Å². The maximum atomic E-state index is 12.0. The number of amides is 1. The number of ether oxygens (including phenoxy) is 1. The number of aryl methyl sites for hydroxylation is 2. The molecule has 1 aromatic heterocycles. The van der Waals surface area contributed by atoms with Crippen LogP contribution < -0.4 is 11.1 Å². The molecule has 1 atom stereocenters. The van der Waals surface area contributed by atoms with Crippen LogP contribution in [0, 0.1) is 6.92 Å². The van der Waals surface area contributed by atoms with E-state index in [0.29, 0.717) is 17.9 Å². The van der Waals surface area contributed by atoms with Crippen LogP contribution in [0.3, 0.4) is 0 Å². The van der Waals surface area contributed by atoms with Gasteiger partial charge in [-0.05, 0) is 27.2 Å². The molecule has 1 rings (SSSR count). The zero-order valence-corrected chi connectivity index (χ0v) is 13.1. The summed E-state index contributed by atoms with van der Waals surface area (Å²) in [6.07, 6.45) is 1.86. The van der Waals surface area contributed by atoms with Gasteiger partial charge in [0.1, 0.15) is 0 Å². The van der Waals surface area contributed by atoms with E-state index in [-0.39, 0.29) is 24.2 Å². The summed E-state index contributed by atoms with van der Waals surface area (Å²) in [5, 5.41) is 6.91. The number of anilines is 1. The Hall–Kier alpha value is -2.05. The van der Waals surface area contributed by atoms with Gasteiger partial charge in [-0.3, -0.25) is 9.48 Å². The molecule has 0 aliphatic carbocycles. The monoisotopic (exact) mass is 296 g/mol. The van der Waals surface area contributed by atoms with Crippen LogP contribution in [-0.4, -0.2) is 34.3 Å². The number of carbonyl (C=O) groups excluding carboxylic acids is 2. The second-order valence-corrected chi connectivity index (χ2v) is 5.00. The van der Waals surface area contributed by atoms with Crippen molar-refractivity contribution in [3.05, 3.63) is 11.4 Å². The fourth-order valence-electron chi connectivity index (χ4n) is 2.06. The summed E-state index contributed by atoms with van der Waals surface area (Å²) in [5.74, 6) is -0.949. The van der Waals surface area contributed by atoms with Gasteiger partial charge >= 0.3 is 5.97 Å². The predicted octanol–water partition coefficient (Wildman–Crippen LogP) is 1.26. The van der Waals surface area contributed by atoms with Crippen LogP contribution in [0.5, 0.6) is 0 Å². The Balaban J connectivity index is 2.60. The number of nitrogen functional groups attached to an aromatic ring is 1. The maximum absolute atomic E-state index is 12.0. The Bertz CT molecular complexity index is 511. The molecule has 0 aliphatic rings. The summed E-state index contributed by atoms with van der Waals surface area (Å²) in [7, 11) is 0. The fourth-order valence-corrected chi connectivity index (χ4v) is 2.06. The Morgan fingerprint density at radius 1 is 1.43 bits per heavy atom. The Morgan fingerprint density at radius 2 is 2.10 bits per heavy atom. The van der Waals surface area contributed by atoms with Crippen LogP contribution in [0.25, 0.3) is 0 Å². The lowest BCUT2D eigenvalue weighted by Crippen LogP contribution is -2.35. The molecule has 0 bridgehead atoms. The molecule has 0 spiro atoms. The minimum Gasteiger partial charge on any atom is -0.451 e. The van der Waals surface area contributed by atoms with Crippen molar-refractivity contribution in [1.82, 2.24) is 15.1 Å². The Labute approximate surface area is 124 Å². The standard InChI is InChI=1S/C14H24N4O3/c1-5-7-9(3)16-11(19)8-21-14(20)13-12(15)10(4)17-18(13)6-2/h9H,5-8,15H2,1-4H3,(H,16,19). The number of carbonyl (C=O) groups is 2. The van der Waals surface area contributed by atoms with E-state index >= 15 is 0 Å². The smallest absolute Gasteiger partial charge is 0.359 e. The Kier molecular flexibility index (Phi) is 6.20. The number of aromatic nitrogens is 2. The van der Waals surface area contributed by atoms with Gasteiger partial charge in [-0.1, -0.05) is 13.3 Å². The van der Waals surface area contributed by atoms with Crippen molar-refractivity contribution in [3.8, 4) is 0 Å². The van der Waals surface area contributed by atoms with Crippen LogP contribution in [0.2, 0.25) is 0 Å². The highest BCUT2D eigenvalue weighted by Crippen LogP contribution is 2.17. The quantitative estimate of drug-likeness (QED) is 0.738. The molecule has 0 aromatic carbocycles. The van der Waals surface area contributed by atoms with E-state index in [2.05, 4.69) is 10.4 Å². The second-order valence-electron chi connectivity index (χ2n) is 5.00. The van der Waals surface area contributed by atoms with Gasteiger partial charge in [0, 0.05) is 12.6 Å². The maximum Gasteiger partial charge on any atom is 0.359 e. The van der Waals surface area contributed by atoms with Crippen molar-refractivity contribution >= 4 is 17.6 Å². The van der Waals surface area contributed by atoms with Crippen LogP contribution in [0.4, 0.5) is 5.69 Å². The molecule has 0 radical (unpaired) electrons. The first-order valence-electron chi connectivity index (χ1n) is 7.20. The number of nitrogens with two attached hydrogens (primary N) is 1. The molecule has 7 heteroatoms. The zero-order chi connectivity index (χ0) is 16.0. The van der Waals surface area contributed by atoms with Gasteiger partial charge in [0.15, 0.2) is 12.3 Å². The molecule has 0 saturated heterocycles. The van der Waals surface area contributed by atoms with E-state index in [1.807, 2.05) is 20.8 Å². The molecule has 1 heterocycles. The van der Waals surface area contributed by atoms with E-state index < -0.39 is 5.97 Å². The summed E-state index contributed by atoms with van der Waals surface area (Å²) >= 11 is 0. The summed E-state index contributed by atoms with van der Waals surface area (Å²) in [5.41, 5.74) is 6.89. The van der Waals surface area contributed by atoms with Crippen LogP contribution >= 0.6 is 0 Å². The first-order valence-corrected chi connectivity index (χ1v) is 7.20. The lowest BCUT2D eigenvalue weighted by molar-refractivity contribution is -0.124. The third-order valence-corrected chi connectivity index (χ3v) is 3.13. The number of esters is 1. The SMILES string of the molecule is CCCC(C)NC(=O)COC(=O)c1c(N)c(C)nn1CC. The molecular weight excluding hydrogens is 272 g/mol. The summed E-state index contributed by atoms with van der Waals surface area (Å²) in [6.45, 7) is 7.71. The van der Waals surface area contributed by atoms with Crippen LogP contribution in [0.15, 0.2) is 0 Å². The van der Waals surface area contributed by atoms with Crippen molar-refractivity contribution in [3.63, 3.8) is 0 Å². The highest BCUT2D eigenvalue weighted by atomic mass is 16.5. The average Bonchev–Trinajstić information content (AvgIpc) is 2.72. The van der Waals surface area contributed by atoms with Crippen molar-refractivity contribution < 1.29 is 14.3 Å². The lowest BCUT2D eigenvalue weighted by Gasteiger charge is -2.13.